The van der Waals surface area contributed by atoms with Gasteiger partial charge in [-0.1, -0.05) is 54.6 Å². The molecule has 5 nitrogen and oxygen atoms in total. The van der Waals surface area contributed by atoms with E-state index in [0.717, 1.165) is 17.7 Å². The van der Waals surface area contributed by atoms with Crippen LogP contribution in [0.25, 0.3) is 0 Å². The van der Waals surface area contributed by atoms with Crippen molar-refractivity contribution in [1.29, 1.82) is 0 Å². The van der Waals surface area contributed by atoms with E-state index in [1.54, 1.807) is 37.3 Å². The predicted octanol–water partition coefficient (Wildman–Crippen LogP) is 4.78. The standard InChI is InChI=1S/C23H21F3N2O3S/c1-17(18-9-4-2-5-10-18)27-22(29)16-28(32(30,31)21-13-6-3-7-14-21)20-12-8-11-19(15-20)23(24,25)26/h2-15,17H,16H2,1H3,(H,27,29)/t17-/m1/s1. The fourth-order valence-corrected chi connectivity index (χ4v) is 4.55. The molecule has 0 aromatic heterocycles. The maximum absolute atomic E-state index is 13.2. The monoisotopic (exact) mass is 462 g/mol. The van der Waals surface area contributed by atoms with Crippen LogP contribution in [0.5, 0.6) is 0 Å². The summed E-state index contributed by atoms with van der Waals surface area (Å²) in [6.45, 7) is 1.04. The Balaban J connectivity index is 1.95. The third kappa shape index (κ3) is 5.47. The van der Waals surface area contributed by atoms with Gasteiger partial charge in [0.1, 0.15) is 6.54 Å². The fraction of sp³-hybridized carbons (Fsp3) is 0.174. The Kier molecular flexibility index (Phi) is 6.88. The molecule has 0 unspecified atom stereocenters. The second kappa shape index (κ2) is 9.44. The molecule has 168 valence electrons. The molecule has 0 bridgehead atoms. The van der Waals surface area contributed by atoms with Crippen LogP contribution in [0, 0.1) is 0 Å². The first-order valence-electron chi connectivity index (χ1n) is 9.68. The van der Waals surface area contributed by atoms with Gasteiger partial charge < -0.3 is 5.32 Å². The van der Waals surface area contributed by atoms with Gasteiger partial charge in [0.25, 0.3) is 10.0 Å². The minimum absolute atomic E-state index is 0.138. The number of halogens is 3. The van der Waals surface area contributed by atoms with Gasteiger partial charge in [0.05, 0.1) is 22.2 Å². The average Bonchev–Trinajstić information content (AvgIpc) is 2.78. The van der Waals surface area contributed by atoms with Crippen LogP contribution in [0.2, 0.25) is 0 Å². The van der Waals surface area contributed by atoms with Crippen molar-refractivity contribution in [1.82, 2.24) is 5.32 Å². The molecule has 3 rings (SSSR count). The summed E-state index contributed by atoms with van der Waals surface area (Å²) in [5.41, 5.74) is -0.468. The van der Waals surface area contributed by atoms with E-state index in [0.29, 0.717) is 10.4 Å². The van der Waals surface area contributed by atoms with Crippen LogP contribution in [0.4, 0.5) is 18.9 Å². The van der Waals surface area contributed by atoms with Gasteiger partial charge in [0.15, 0.2) is 0 Å². The molecule has 0 aliphatic heterocycles. The van der Waals surface area contributed by atoms with Crippen LogP contribution in [0.15, 0.2) is 89.8 Å². The first kappa shape index (κ1) is 23.3. The molecular weight excluding hydrogens is 441 g/mol. The summed E-state index contributed by atoms with van der Waals surface area (Å²) in [5, 5.41) is 2.70. The Morgan fingerprint density at radius 2 is 1.53 bits per heavy atom. The molecule has 3 aromatic rings. The molecular formula is C23H21F3N2O3S. The van der Waals surface area contributed by atoms with Crippen LogP contribution in [0.3, 0.4) is 0 Å². The third-order valence-corrected chi connectivity index (χ3v) is 6.55. The van der Waals surface area contributed by atoms with Crippen molar-refractivity contribution < 1.29 is 26.4 Å². The Morgan fingerprint density at radius 3 is 2.12 bits per heavy atom. The maximum atomic E-state index is 13.2. The number of amides is 1. The lowest BCUT2D eigenvalue weighted by Crippen LogP contribution is -2.41. The SMILES string of the molecule is C[C@@H](NC(=O)CN(c1cccc(C(F)(F)F)c1)S(=O)(=O)c1ccccc1)c1ccccc1. The van der Waals surface area contributed by atoms with Gasteiger partial charge >= 0.3 is 6.18 Å². The van der Waals surface area contributed by atoms with Gasteiger partial charge in [0.2, 0.25) is 5.91 Å². The van der Waals surface area contributed by atoms with E-state index in [9.17, 15) is 26.4 Å². The molecule has 0 spiro atoms. The van der Waals surface area contributed by atoms with Gasteiger partial charge in [-0.05, 0) is 42.8 Å². The van der Waals surface area contributed by atoms with Gasteiger partial charge in [-0.3, -0.25) is 9.10 Å². The quantitative estimate of drug-likeness (QED) is 0.550. The van der Waals surface area contributed by atoms with Gasteiger partial charge in [0, 0.05) is 0 Å². The lowest BCUT2D eigenvalue weighted by Gasteiger charge is -2.25. The third-order valence-electron chi connectivity index (χ3n) is 4.76. The number of carbonyl (C=O) groups is 1. The topological polar surface area (TPSA) is 66.5 Å². The van der Waals surface area contributed by atoms with Crippen molar-refractivity contribution in [3.8, 4) is 0 Å². The highest BCUT2D eigenvalue weighted by molar-refractivity contribution is 7.92. The molecule has 9 heteroatoms. The first-order chi connectivity index (χ1) is 15.1. The summed E-state index contributed by atoms with van der Waals surface area (Å²) in [4.78, 5) is 12.6. The Bertz CT molecular complexity index is 1170. The molecule has 32 heavy (non-hydrogen) atoms. The summed E-state index contributed by atoms with van der Waals surface area (Å²) < 4.78 is 66.9. The number of rotatable bonds is 7. The van der Waals surface area contributed by atoms with E-state index in [1.807, 2.05) is 6.07 Å². The van der Waals surface area contributed by atoms with Crippen molar-refractivity contribution >= 4 is 21.6 Å². The highest BCUT2D eigenvalue weighted by Gasteiger charge is 2.33. The van der Waals surface area contributed by atoms with Crippen molar-refractivity contribution in [3.63, 3.8) is 0 Å². The summed E-state index contributed by atoms with van der Waals surface area (Å²) in [6, 6.07) is 19.7. The summed E-state index contributed by atoms with van der Waals surface area (Å²) in [6.07, 6.45) is -4.66. The van der Waals surface area contributed by atoms with Gasteiger partial charge in [-0.15, -0.1) is 0 Å². The molecule has 0 radical (unpaired) electrons. The number of hydrogen-bond acceptors (Lipinski definition) is 3. The molecule has 3 aromatic carbocycles. The molecule has 0 aliphatic carbocycles. The van der Waals surface area contributed by atoms with E-state index in [4.69, 9.17) is 0 Å². The second-order valence-electron chi connectivity index (χ2n) is 7.07. The van der Waals surface area contributed by atoms with Crippen LogP contribution < -0.4 is 9.62 Å². The van der Waals surface area contributed by atoms with E-state index in [-0.39, 0.29) is 10.6 Å². The molecule has 1 N–H and O–H groups in total. The number of hydrogen-bond donors (Lipinski definition) is 1. The number of anilines is 1. The fourth-order valence-electron chi connectivity index (χ4n) is 3.11. The average molecular weight is 462 g/mol. The van der Waals surface area contributed by atoms with Crippen LogP contribution in [-0.2, 0) is 21.0 Å². The highest BCUT2D eigenvalue weighted by atomic mass is 32.2. The largest absolute Gasteiger partial charge is 0.416 e. The van der Waals surface area contributed by atoms with Gasteiger partial charge in [-0.2, -0.15) is 13.2 Å². The Hall–Kier alpha value is -3.33. The molecule has 0 aliphatic rings. The Labute approximate surface area is 184 Å². The van der Waals surface area contributed by atoms with E-state index < -0.39 is 40.3 Å². The number of nitrogens with one attached hydrogen (secondary N) is 1. The predicted molar refractivity (Wildman–Crippen MR) is 115 cm³/mol. The minimum Gasteiger partial charge on any atom is -0.348 e. The second-order valence-corrected chi connectivity index (χ2v) is 8.94. The smallest absolute Gasteiger partial charge is 0.348 e. The zero-order valence-corrected chi connectivity index (χ0v) is 17.9. The van der Waals surface area contributed by atoms with Crippen molar-refractivity contribution in [2.45, 2.75) is 24.0 Å². The lowest BCUT2D eigenvalue weighted by atomic mass is 10.1. The van der Waals surface area contributed by atoms with Crippen molar-refractivity contribution in [2.75, 3.05) is 10.8 Å². The zero-order chi connectivity index (χ0) is 23.4. The minimum atomic E-state index is -4.66. The van der Waals surface area contributed by atoms with Gasteiger partial charge in [-0.25, -0.2) is 8.42 Å². The number of sulfonamides is 1. The Morgan fingerprint density at radius 1 is 0.938 bits per heavy atom. The van der Waals surface area contributed by atoms with Crippen LogP contribution in [-0.4, -0.2) is 20.9 Å². The number of nitrogens with zero attached hydrogens (tertiary/aromatic N) is 1. The number of alkyl halides is 3. The first-order valence-corrected chi connectivity index (χ1v) is 11.1. The highest BCUT2D eigenvalue weighted by Crippen LogP contribution is 2.33. The van der Waals surface area contributed by atoms with Crippen molar-refractivity contribution in [2.24, 2.45) is 0 Å². The molecule has 0 heterocycles. The normalized spacial score (nSPS) is 12.8. The van der Waals surface area contributed by atoms with E-state index in [1.165, 1.54) is 30.3 Å². The van der Waals surface area contributed by atoms with E-state index >= 15 is 0 Å². The van der Waals surface area contributed by atoms with Crippen LogP contribution >= 0.6 is 0 Å². The maximum Gasteiger partial charge on any atom is 0.416 e. The lowest BCUT2D eigenvalue weighted by molar-refractivity contribution is -0.137. The van der Waals surface area contributed by atoms with Crippen LogP contribution in [0.1, 0.15) is 24.1 Å². The molecule has 0 saturated carbocycles. The number of carbonyl (C=O) groups excluding carboxylic acids is 1. The molecule has 0 saturated heterocycles. The number of benzene rings is 3. The molecule has 1 atom stereocenters. The van der Waals surface area contributed by atoms with E-state index in [2.05, 4.69) is 5.32 Å². The summed E-state index contributed by atoms with van der Waals surface area (Å²) in [7, 11) is -4.31. The molecule has 0 fully saturated rings. The molecule has 1 amide bonds. The summed E-state index contributed by atoms with van der Waals surface area (Å²) >= 11 is 0. The van der Waals surface area contributed by atoms with Crippen molar-refractivity contribution in [3.05, 3.63) is 96.1 Å². The summed E-state index contributed by atoms with van der Waals surface area (Å²) in [5.74, 6) is -0.654. The zero-order valence-electron chi connectivity index (χ0n) is 17.1.